The van der Waals surface area contributed by atoms with Crippen molar-refractivity contribution in [1.29, 1.82) is 0 Å². The van der Waals surface area contributed by atoms with Gasteiger partial charge in [0, 0.05) is 6.42 Å². The van der Waals surface area contributed by atoms with Crippen LogP contribution in [0.4, 0.5) is 0 Å². The Balaban J connectivity index is 1.68. The highest BCUT2D eigenvalue weighted by atomic mass is 16.7. The molecule has 14 nitrogen and oxygen atoms in total. The van der Waals surface area contributed by atoms with Gasteiger partial charge in [-0.2, -0.15) is 0 Å². The lowest BCUT2D eigenvalue weighted by atomic mass is 9.97. The van der Waals surface area contributed by atoms with E-state index < -0.39 is 86.8 Å². The van der Waals surface area contributed by atoms with Crippen molar-refractivity contribution in [2.75, 3.05) is 19.8 Å². The maximum absolute atomic E-state index is 13.3. The topological polar surface area (TPSA) is 228 Å². The Morgan fingerprint density at radius 2 is 0.784 bits per heavy atom. The molecule has 2 aliphatic rings. The Morgan fingerprint density at radius 1 is 0.420 bits per heavy atom. The van der Waals surface area contributed by atoms with Crippen LogP contribution in [0.1, 0.15) is 232 Å². The van der Waals surface area contributed by atoms with E-state index in [1.165, 1.54) is 83.5 Å². The van der Waals surface area contributed by atoms with Crippen LogP contribution in [0.2, 0.25) is 0 Å². The van der Waals surface area contributed by atoms with Crippen LogP contribution in [0, 0.1) is 0 Å². The first-order chi connectivity index (χ1) is 43.1. The van der Waals surface area contributed by atoms with Crippen LogP contribution in [0.25, 0.3) is 0 Å². The van der Waals surface area contributed by atoms with Gasteiger partial charge in [-0.05, 0) is 96.3 Å². The number of ether oxygens (including phenoxy) is 4. The van der Waals surface area contributed by atoms with Gasteiger partial charge in [-0.15, -0.1) is 0 Å². The quantitative estimate of drug-likeness (QED) is 0.0204. The Hall–Kier alpha value is -3.87. The van der Waals surface area contributed by atoms with Crippen molar-refractivity contribution in [3.63, 3.8) is 0 Å². The largest absolute Gasteiger partial charge is 0.394 e. The van der Waals surface area contributed by atoms with Gasteiger partial charge in [0.25, 0.3) is 0 Å². The normalized spacial score (nSPS) is 24.0. The Labute approximate surface area is 532 Å². The third-order valence-corrected chi connectivity index (χ3v) is 15.8. The van der Waals surface area contributed by atoms with Gasteiger partial charge in [0.2, 0.25) is 5.91 Å². The highest BCUT2D eigenvalue weighted by molar-refractivity contribution is 5.76. The van der Waals surface area contributed by atoms with E-state index in [1.807, 2.05) is 6.08 Å². The highest BCUT2D eigenvalue weighted by Gasteiger charge is 2.51. The predicted molar refractivity (Wildman–Crippen MR) is 359 cm³/mol. The molecule has 0 saturated carbocycles. The standard InChI is InChI=1S/C74H123NO13/c1-3-5-7-9-11-13-15-17-19-21-22-23-24-25-26-27-28-29-30-31-32-33-34-35-36-37-38-39-40-42-44-46-48-50-52-54-56-58-66(79)75-62(63(78)57-55-53-51-49-47-45-43-41-20-18-16-14-12-10-8-6-4-2)61-85-73-71(84)69(82)72(65(60-77)87-73)88-74-70(83)68(81)67(80)64(59-76)86-74/h5,7,11,13,17,19,22-23,25-26,28-29,31-32,34-35,37-38,40,42,55,57,62-65,67-74,76-78,80-84H,3-4,6,8-10,12,14-16,18,20-21,24,27,30,33,36,39,41,43-54,56,58-61H2,1-2H3,(H,75,79)/b7-5-,13-11-,19-17-,23-22-,26-25-,29-28-,32-31-,35-34-,38-37-,42-40-,57-55+. The first kappa shape index (κ1) is 80.2. The second kappa shape index (κ2) is 57.1. The van der Waals surface area contributed by atoms with Crippen LogP contribution in [0.5, 0.6) is 0 Å². The molecule has 2 aliphatic heterocycles. The fraction of sp³-hybridized carbons (Fsp3) is 0.689. The molecule has 1 amide bonds. The van der Waals surface area contributed by atoms with E-state index in [4.69, 9.17) is 18.9 Å². The smallest absolute Gasteiger partial charge is 0.220 e. The molecule has 12 atom stereocenters. The highest BCUT2D eigenvalue weighted by Crippen LogP contribution is 2.30. The van der Waals surface area contributed by atoms with Crippen LogP contribution in [0.3, 0.4) is 0 Å². The van der Waals surface area contributed by atoms with E-state index in [2.05, 4.69) is 141 Å². The van der Waals surface area contributed by atoms with Crippen LogP contribution in [0.15, 0.2) is 134 Å². The summed E-state index contributed by atoms with van der Waals surface area (Å²) in [6.07, 6.45) is 67.8. The third-order valence-electron chi connectivity index (χ3n) is 15.8. The summed E-state index contributed by atoms with van der Waals surface area (Å²) in [5.41, 5.74) is 0. The summed E-state index contributed by atoms with van der Waals surface area (Å²) in [6, 6.07) is -0.933. The SMILES string of the molecule is CC/C=C\C/C=C\C/C=C\C/C=C\C/C=C\C/C=C\C/C=C\C/C=C\C/C=C\C/C=C\CCCCCCCCC(=O)NC(COC1OC(CO)C(OC2OC(CO)C(O)C(O)C2O)C(O)C1O)C(O)/C=C/CCCCCCCCCCCCCCCCC. The number of carbonyl (C=O) groups excluding carboxylic acids is 1. The minimum Gasteiger partial charge on any atom is -0.394 e. The van der Waals surface area contributed by atoms with Crippen molar-refractivity contribution in [1.82, 2.24) is 5.32 Å². The number of rotatable bonds is 54. The summed E-state index contributed by atoms with van der Waals surface area (Å²) in [4.78, 5) is 13.3. The van der Waals surface area contributed by atoms with Gasteiger partial charge in [-0.3, -0.25) is 4.79 Å². The van der Waals surface area contributed by atoms with Crippen molar-refractivity contribution in [3.8, 4) is 0 Å². The number of allylic oxidation sites excluding steroid dienone is 21. The molecule has 0 spiro atoms. The number of nitrogens with one attached hydrogen (secondary N) is 1. The van der Waals surface area contributed by atoms with Crippen LogP contribution >= 0.6 is 0 Å². The molecule has 2 rings (SSSR count). The fourth-order valence-corrected chi connectivity index (χ4v) is 10.4. The lowest BCUT2D eigenvalue weighted by Gasteiger charge is -2.46. The van der Waals surface area contributed by atoms with Crippen molar-refractivity contribution in [2.24, 2.45) is 0 Å². The second-order valence-electron chi connectivity index (χ2n) is 23.6. The maximum atomic E-state index is 13.3. The summed E-state index contributed by atoms with van der Waals surface area (Å²) in [5, 5.41) is 87.3. The lowest BCUT2D eigenvalue weighted by molar-refractivity contribution is -0.359. The lowest BCUT2D eigenvalue weighted by Crippen LogP contribution is -2.65. The van der Waals surface area contributed by atoms with Crippen molar-refractivity contribution in [2.45, 2.75) is 306 Å². The zero-order valence-corrected chi connectivity index (χ0v) is 54.4. The van der Waals surface area contributed by atoms with Gasteiger partial charge in [0.15, 0.2) is 12.6 Å². The summed E-state index contributed by atoms with van der Waals surface area (Å²) >= 11 is 0. The number of hydrogen-bond acceptors (Lipinski definition) is 13. The molecule has 502 valence electrons. The zero-order chi connectivity index (χ0) is 63.8. The summed E-state index contributed by atoms with van der Waals surface area (Å²) in [7, 11) is 0. The molecule has 2 fully saturated rings. The van der Waals surface area contributed by atoms with Crippen molar-refractivity contribution < 1.29 is 64.6 Å². The molecular formula is C74H123NO13. The fourth-order valence-electron chi connectivity index (χ4n) is 10.4. The number of aliphatic hydroxyl groups excluding tert-OH is 8. The molecule has 0 aromatic rings. The summed E-state index contributed by atoms with van der Waals surface area (Å²) in [6.45, 7) is 2.67. The average Bonchev–Trinajstić information content (AvgIpc) is 2.07. The molecule has 0 aromatic heterocycles. The molecule has 14 heteroatoms. The molecule has 0 aromatic carbocycles. The van der Waals surface area contributed by atoms with Gasteiger partial charge in [-0.25, -0.2) is 0 Å². The number of hydrogen-bond donors (Lipinski definition) is 9. The van der Waals surface area contributed by atoms with E-state index in [-0.39, 0.29) is 18.9 Å². The minimum absolute atomic E-state index is 0.256. The Kier molecular flexibility index (Phi) is 52.0. The second-order valence-corrected chi connectivity index (χ2v) is 23.6. The van der Waals surface area contributed by atoms with Gasteiger partial charge < -0.3 is 65.1 Å². The van der Waals surface area contributed by atoms with E-state index >= 15 is 0 Å². The summed E-state index contributed by atoms with van der Waals surface area (Å²) in [5.74, 6) is -0.259. The molecule has 0 aliphatic carbocycles. The van der Waals surface area contributed by atoms with Gasteiger partial charge >= 0.3 is 0 Å². The number of carbonyl (C=O) groups is 1. The van der Waals surface area contributed by atoms with Gasteiger partial charge in [0.1, 0.15) is 48.8 Å². The molecule has 88 heavy (non-hydrogen) atoms. The van der Waals surface area contributed by atoms with E-state index in [0.717, 1.165) is 122 Å². The van der Waals surface area contributed by atoms with E-state index in [9.17, 15) is 45.6 Å². The number of unbranched alkanes of at least 4 members (excludes halogenated alkanes) is 21. The molecule has 2 heterocycles. The average molecular weight is 1230 g/mol. The number of amides is 1. The van der Waals surface area contributed by atoms with Gasteiger partial charge in [-0.1, -0.05) is 263 Å². The Morgan fingerprint density at radius 3 is 1.20 bits per heavy atom. The number of aliphatic hydroxyl groups is 8. The molecule has 12 unspecified atom stereocenters. The van der Waals surface area contributed by atoms with Crippen molar-refractivity contribution >= 4 is 5.91 Å². The maximum Gasteiger partial charge on any atom is 0.220 e. The third kappa shape index (κ3) is 40.8. The van der Waals surface area contributed by atoms with E-state index in [1.54, 1.807) is 6.08 Å². The zero-order valence-electron chi connectivity index (χ0n) is 54.4. The van der Waals surface area contributed by atoms with Gasteiger partial charge in [0.05, 0.1) is 32.0 Å². The Bertz CT molecular complexity index is 1990. The van der Waals surface area contributed by atoms with Crippen molar-refractivity contribution in [3.05, 3.63) is 134 Å². The minimum atomic E-state index is -1.80. The molecule has 2 saturated heterocycles. The summed E-state index contributed by atoms with van der Waals surface area (Å²) < 4.78 is 22.8. The van der Waals surface area contributed by atoms with Crippen LogP contribution in [-0.2, 0) is 23.7 Å². The first-order valence-corrected chi connectivity index (χ1v) is 34.4. The van der Waals surface area contributed by atoms with Crippen LogP contribution in [-0.4, -0.2) is 140 Å². The van der Waals surface area contributed by atoms with E-state index in [0.29, 0.717) is 6.42 Å². The molecular weight excluding hydrogens is 1110 g/mol. The molecule has 0 radical (unpaired) electrons. The monoisotopic (exact) mass is 1230 g/mol. The first-order valence-electron chi connectivity index (χ1n) is 34.4. The van der Waals surface area contributed by atoms with Crippen LogP contribution < -0.4 is 5.32 Å². The molecule has 0 bridgehead atoms. The molecule has 9 N–H and O–H groups in total. The predicted octanol–water partition coefficient (Wildman–Crippen LogP) is 13.9.